The molecule has 3 rings (SSSR count). The predicted molar refractivity (Wildman–Crippen MR) is 84.3 cm³/mol. The summed E-state index contributed by atoms with van der Waals surface area (Å²) in [5, 5.41) is 16.4. The van der Waals surface area contributed by atoms with Crippen molar-refractivity contribution < 1.29 is 0 Å². The minimum atomic E-state index is 0.0430. The lowest BCUT2D eigenvalue weighted by atomic mass is 10.2. The van der Waals surface area contributed by atoms with E-state index in [1.54, 1.807) is 0 Å². The van der Waals surface area contributed by atoms with Gasteiger partial charge in [0.15, 0.2) is 0 Å². The van der Waals surface area contributed by atoms with E-state index in [-0.39, 0.29) is 5.62 Å². The zero-order chi connectivity index (χ0) is 14.8. The van der Waals surface area contributed by atoms with Crippen molar-refractivity contribution in [2.45, 2.75) is 0 Å². The molecule has 0 radical (unpaired) electrons. The Morgan fingerprint density at radius 2 is 1.71 bits per heavy atom. The number of anilines is 2. The largest absolute Gasteiger partial charge is 0.329 e. The summed E-state index contributed by atoms with van der Waals surface area (Å²) < 4.78 is 1.46. The van der Waals surface area contributed by atoms with Crippen LogP contribution in [0.5, 0.6) is 0 Å². The Kier molecular flexibility index (Phi) is 3.23. The van der Waals surface area contributed by atoms with Gasteiger partial charge in [-0.1, -0.05) is 30.3 Å². The first-order valence-corrected chi connectivity index (χ1v) is 6.57. The van der Waals surface area contributed by atoms with Gasteiger partial charge in [-0.15, -0.1) is 0 Å². The second-order valence-electron chi connectivity index (χ2n) is 4.67. The summed E-state index contributed by atoms with van der Waals surface area (Å²) in [4.78, 5) is 6.31. The van der Waals surface area contributed by atoms with Crippen LogP contribution in [-0.2, 0) is 0 Å². The molecular formula is C16H15N5. The van der Waals surface area contributed by atoms with E-state index in [0.717, 1.165) is 22.9 Å². The number of fused-ring (bicyclic) bond motifs is 1. The molecule has 1 aromatic heterocycles. The molecule has 0 bridgehead atoms. The van der Waals surface area contributed by atoms with Crippen LogP contribution >= 0.6 is 0 Å². The first-order valence-electron chi connectivity index (χ1n) is 6.57. The van der Waals surface area contributed by atoms with Crippen molar-refractivity contribution in [1.82, 2.24) is 9.55 Å². The predicted octanol–water partition coefficient (Wildman–Crippen LogP) is 2.74. The number of rotatable bonds is 3. The molecule has 104 valence electrons. The number of aromatic nitrogens is 2. The Balaban J connectivity index is 2.29. The van der Waals surface area contributed by atoms with Crippen molar-refractivity contribution in [3.05, 3.63) is 60.2 Å². The SMILES string of the molecule is CN(c1ccccc1)c1nc(=N)n(C=N)c2ccccc12. The normalized spacial score (nSPS) is 10.5. The molecule has 5 heteroatoms. The smallest absolute Gasteiger partial charge is 0.229 e. The maximum Gasteiger partial charge on any atom is 0.229 e. The fourth-order valence-electron chi connectivity index (χ4n) is 2.36. The summed E-state index contributed by atoms with van der Waals surface area (Å²) in [6.07, 6.45) is 1.12. The third kappa shape index (κ3) is 2.18. The minimum absolute atomic E-state index is 0.0430. The molecule has 0 saturated carbocycles. The topological polar surface area (TPSA) is 68.8 Å². The van der Waals surface area contributed by atoms with Crippen LogP contribution in [0.2, 0.25) is 0 Å². The highest BCUT2D eigenvalue weighted by atomic mass is 15.2. The maximum absolute atomic E-state index is 8.02. The van der Waals surface area contributed by atoms with Crippen molar-refractivity contribution in [3.8, 4) is 0 Å². The molecular weight excluding hydrogens is 262 g/mol. The summed E-state index contributed by atoms with van der Waals surface area (Å²) in [6.45, 7) is 0. The van der Waals surface area contributed by atoms with Gasteiger partial charge in [0, 0.05) is 18.1 Å². The van der Waals surface area contributed by atoms with Gasteiger partial charge in [-0.25, -0.2) is 0 Å². The molecule has 0 aliphatic heterocycles. The van der Waals surface area contributed by atoms with E-state index in [2.05, 4.69) is 4.98 Å². The van der Waals surface area contributed by atoms with Crippen LogP contribution in [0.1, 0.15) is 0 Å². The lowest BCUT2D eigenvalue weighted by molar-refractivity contribution is 0.915. The van der Waals surface area contributed by atoms with E-state index < -0.39 is 0 Å². The third-order valence-corrected chi connectivity index (χ3v) is 3.43. The first-order chi connectivity index (χ1) is 10.2. The molecule has 0 amide bonds. The van der Waals surface area contributed by atoms with Crippen LogP contribution in [0.3, 0.4) is 0 Å². The Hall–Kier alpha value is -2.95. The Labute approximate surface area is 122 Å². The van der Waals surface area contributed by atoms with Gasteiger partial charge in [-0.3, -0.25) is 15.4 Å². The van der Waals surface area contributed by atoms with Crippen LogP contribution in [-0.4, -0.2) is 22.9 Å². The number of hydrogen-bond acceptors (Lipinski definition) is 4. The molecule has 1 heterocycles. The zero-order valence-electron chi connectivity index (χ0n) is 11.6. The second-order valence-corrected chi connectivity index (χ2v) is 4.67. The summed E-state index contributed by atoms with van der Waals surface area (Å²) in [6, 6.07) is 17.6. The van der Waals surface area contributed by atoms with Crippen molar-refractivity contribution in [2.75, 3.05) is 11.9 Å². The van der Waals surface area contributed by atoms with Gasteiger partial charge in [0.2, 0.25) is 5.62 Å². The van der Waals surface area contributed by atoms with Crippen LogP contribution in [0.15, 0.2) is 54.6 Å². The molecule has 21 heavy (non-hydrogen) atoms. The molecule has 5 nitrogen and oxygen atoms in total. The summed E-state index contributed by atoms with van der Waals surface area (Å²) >= 11 is 0. The van der Waals surface area contributed by atoms with Crippen molar-refractivity contribution >= 4 is 28.7 Å². The standard InChI is InChI=1S/C16H15N5/c1-20(12-7-3-2-4-8-12)15-13-9-5-6-10-14(13)21(11-17)16(18)19-15/h2-11,17-18H,1H3. The van der Waals surface area contributed by atoms with Gasteiger partial charge in [0.1, 0.15) is 5.82 Å². The van der Waals surface area contributed by atoms with Gasteiger partial charge in [0.25, 0.3) is 0 Å². The fourth-order valence-corrected chi connectivity index (χ4v) is 2.36. The van der Waals surface area contributed by atoms with E-state index >= 15 is 0 Å². The highest BCUT2D eigenvalue weighted by Crippen LogP contribution is 2.27. The average molecular weight is 277 g/mol. The van der Waals surface area contributed by atoms with Gasteiger partial charge >= 0.3 is 0 Å². The minimum Gasteiger partial charge on any atom is -0.329 e. The number of hydrogen-bond donors (Lipinski definition) is 2. The number of para-hydroxylation sites is 2. The molecule has 2 aromatic carbocycles. The first kappa shape index (κ1) is 13.1. The fraction of sp³-hybridized carbons (Fsp3) is 0.0625. The average Bonchev–Trinajstić information content (AvgIpc) is 2.54. The van der Waals surface area contributed by atoms with Crippen LogP contribution in [0.25, 0.3) is 10.9 Å². The third-order valence-electron chi connectivity index (χ3n) is 3.43. The molecule has 0 saturated heterocycles. The van der Waals surface area contributed by atoms with Crippen LogP contribution < -0.4 is 10.5 Å². The van der Waals surface area contributed by atoms with Crippen molar-refractivity contribution in [1.29, 1.82) is 10.8 Å². The van der Waals surface area contributed by atoms with Gasteiger partial charge in [0.05, 0.1) is 11.9 Å². The quantitative estimate of drug-likeness (QED) is 0.571. The van der Waals surface area contributed by atoms with E-state index in [1.807, 2.05) is 66.5 Å². The van der Waals surface area contributed by atoms with Crippen LogP contribution in [0, 0.1) is 10.8 Å². The number of nitrogens with zero attached hydrogens (tertiary/aromatic N) is 3. The Bertz CT molecular complexity index is 851. The lowest BCUT2D eigenvalue weighted by Gasteiger charge is -2.21. The molecule has 0 fully saturated rings. The highest BCUT2D eigenvalue weighted by Gasteiger charge is 2.12. The van der Waals surface area contributed by atoms with E-state index in [4.69, 9.17) is 10.8 Å². The summed E-state index contributed by atoms with van der Waals surface area (Å²) in [5.41, 5.74) is 1.84. The monoisotopic (exact) mass is 277 g/mol. The molecule has 0 aliphatic carbocycles. The lowest BCUT2D eigenvalue weighted by Crippen LogP contribution is -2.26. The molecule has 0 spiro atoms. The van der Waals surface area contributed by atoms with E-state index in [0.29, 0.717) is 5.82 Å². The van der Waals surface area contributed by atoms with Crippen molar-refractivity contribution in [2.24, 2.45) is 0 Å². The van der Waals surface area contributed by atoms with E-state index in [9.17, 15) is 0 Å². The van der Waals surface area contributed by atoms with Gasteiger partial charge in [-0.05, 0) is 24.3 Å². The molecule has 0 aliphatic rings. The van der Waals surface area contributed by atoms with Gasteiger partial charge < -0.3 is 4.90 Å². The molecule has 3 aromatic rings. The molecule has 2 N–H and O–H groups in total. The van der Waals surface area contributed by atoms with Gasteiger partial charge in [-0.2, -0.15) is 4.98 Å². The molecule has 0 atom stereocenters. The van der Waals surface area contributed by atoms with E-state index in [1.165, 1.54) is 4.57 Å². The zero-order valence-corrected chi connectivity index (χ0v) is 11.6. The Morgan fingerprint density at radius 3 is 2.43 bits per heavy atom. The Morgan fingerprint density at radius 1 is 1.05 bits per heavy atom. The highest BCUT2D eigenvalue weighted by molar-refractivity contribution is 5.94. The van der Waals surface area contributed by atoms with Crippen molar-refractivity contribution in [3.63, 3.8) is 0 Å². The summed E-state index contributed by atoms with van der Waals surface area (Å²) in [5.74, 6) is 0.708. The summed E-state index contributed by atoms with van der Waals surface area (Å²) in [7, 11) is 1.93. The number of nitrogens with one attached hydrogen (secondary N) is 2. The van der Waals surface area contributed by atoms with Crippen LogP contribution in [0.4, 0.5) is 11.5 Å². The maximum atomic E-state index is 8.02. The second kappa shape index (κ2) is 5.20. The molecule has 0 unspecified atom stereocenters. The number of benzene rings is 2.